The van der Waals surface area contributed by atoms with Crippen LogP contribution in [-0.4, -0.2) is 21.8 Å². The predicted molar refractivity (Wildman–Crippen MR) is 121 cm³/mol. The van der Waals surface area contributed by atoms with E-state index in [1.54, 1.807) is 18.3 Å². The Morgan fingerprint density at radius 3 is 2.29 bits per heavy atom. The summed E-state index contributed by atoms with van der Waals surface area (Å²) >= 11 is 0. The van der Waals surface area contributed by atoms with E-state index in [0.717, 1.165) is 22.3 Å². The number of benzene rings is 2. The Kier molecular flexibility index (Phi) is 5.19. The van der Waals surface area contributed by atoms with Crippen LogP contribution in [0.15, 0.2) is 66.4 Å². The molecule has 1 aliphatic heterocycles. The van der Waals surface area contributed by atoms with Crippen molar-refractivity contribution in [3.63, 3.8) is 0 Å². The van der Waals surface area contributed by atoms with Gasteiger partial charge in [-0.25, -0.2) is 0 Å². The van der Waals surface area contributed by atoms with Crippen LogP contribution in [0.2, 0.25) is 0 Å². The third-order valence-corrected chi connectivity index (χ3v) is 5.67. The molecule has 4 rings (SSSR count). The van der Waals surface area contributed by atoms with Crippen molar-refractivity contribution in [1.82, 2.24) is 4.98 Å². The van der Waals surface area contributed by atoms with Crippen LogP contribution in [0, 0.1) is 27.7 Å². The summed E-state index contributed by atoms with van der Waals surface area (Å²) in [4.78, 5) is 32.3. The molecular weight excluding hydrogens is 388 g/mol. The number of nitrogens with zero attached hydrogens (tertiary/aromatic N) is 2. The standard InChI is InChI=1S/C26H24N2O3/c1-15-9-11-21(18(4)13-15)28-23(20-7-5-6-12-27-20)22(25(30)26(28)31)24(29)19-14-16(2)8-10-17(19)3/h5-14,23,29H,1-4H3/b24-22+. The number of rotatable bonds is 3. The van der Waals surface area contributed by atoms with Crippen LogP contribution < -0.4 is 4.90 Å². The van der Waals surface area contributed by atoms with Crippen LogP contribution in [0.3, 0.4) is 0 Å². The molecule has 1 N–H and O–H groups in total. The number of amides is 1. The summed E-state index contributed by atoms with van der Waals surface area (Å²) in [7, 11) is 0. The highest BCUT2D eigenvalue weighted by Crippen LogP contribution is 2.42. The van der Waals surface area contributed by atoms with Crippen molar-refractivity contribution in [2.75, 3.05) is 4.90 Å². The summed E-state index contributed by atoms with van der Waals surface area (Å²) in [6.07, 6.45) is 1.62. The second-order valence-electron chi connectivity index (χ2n) is 8.03. The van der Waals surface area contributed by atoms with Gasteiger partial charge in [-0.2, -0.15) is 0 Å². The fourth-order valence-corrected chi connectivity index (χ4v) is 4.11. The van der Waals surface area contributed by atoms with Crippen molar-refractivity contribution < 1.29 is 14.7 Å². The number of carbonyl (C=O) groups is 2. The van der Waals surface area contributed by atoms with Crippen LogP contribution in [0.5, 0.6) is 0 Å². The lowest BCUT2D eigenvalue weighted by Gasteiger charge is -2.26. The molecule has 0 aliphatic carbocycles. The highest BCUT2D eigenvalue weighted by molar-refractivity contribution is 6.51. The molecule has 5 nitrogen and oxygen atoms in total. The van der Waals surface area contributed by atoms with Crippen molar-refractivity contribution in [2.45, 2.75) is 33.7 Å². The van der Waals surface area contributed by atoms with Gasteiger partial charge in [0.15, 0.2) is 0 Å². The molecule has 2 heterocycles. The number of hydrogen-bond acceptors (Lipinski definition) is 4. The molecule has 1 atom stereocenters. The van der Waals surface area contributed by atoms with Crippen molar-refractivity contribution in [3.05, 3.63) is 99.9 Å². The number of hydrogen-bond donors (Lipinski definition) is 1. The summed E-state index contributed by atoms with van der Waals surface area (Å²) in [5.74, 6) is -1.56. The van der Waals surface area contributed by atoms with E-state index in [0.29, 0.717) is 16.9 Å². The SMILES string of the molecule is Cc1ccc(N2C(=O)C(=O)/C(=C(/O)c3cc(C)ccc3C)C2c2ccccn2)c(C)c1. The van der Waals surface area contributed by atoms with E-state index >= 15 is 0 Å². The van der Waals surface area contributed by atoms with Gasteiger partial charge in [0.05, 0.1) is 11.3 Å². The zero-order valence-corrected chi connectivity index (χ0v) is 18.0. The average molecular weight is 412 g/mol. The Hall–Kier alpha value is -3.73. The normalized spacial score (nSPS) is 17.9. The van der Waals surface area contributed by atoms with Crippen LogP contribution in [0.25, 0.3) is 5.76 Å². The van der Waals surface area contributed by atoms with Crippen molar-refractivity contribution in [2.24, 2.45) is 0 Å². The Balaban J connectivity index is 2.00. The maximum atomic E-state index is 13.2. The molecule has 1 unspecified atom stereocenters. The molecule has 1 fully saturated rings. The zero-order chi connectivity index (χ0) is 22.3. The van der Waals surface area contributed by atoms with Crippen LogP contribution >= 0.6 is 0 Å². The van der Waals surface area contributed by atoms with Gasteiger partial charge in [-0.3, -0.25) is 19.5 Å². The first-order chi connectivity index (χ1) is 14.8. The molecule has 2 aromatic carbocycles. The first-order valence-corrected chi connectivity index (χ1v) is 10.2. The maximum absolute atomic E-state index is 13.2. The molecule has 1 amide bonds. The largest absolute Gasteiger partial charge is 0.507 e. The maximum Gasteiger partial charge on any atom is 0.300 e. The van der Waals surface area contributed by atoms with Gasteiger partial charge in [0.2, 0.25) is 0 Å². The van der Waals surface area contributed by atoms with Gasteiger partial charge in [-0.05, 0) is 63.1 Å². The third-order valence-electron chi connectivity index (χ3n) is 5.67. The van der Waals surface area contributed by atoms with Crippen LogP contribution in [-0.2, 0) is 9.59 Å². The molecule has 5 heteroatoms. The van der Waals surface area contributed by atoms with Crippen LogP contribution in [0.4, 0.5) is 5.69 Å². The Morgan fingerprint density at radius 2 is 1.61 bits per heavy atom. The smallest absolute Gasteiger partial charge is 0.300 e. The molecule has 156 valence electrons. The number of anilines is 1. The summed E-state index contributed by atoms with van der Waals surface area (Å²) < 4.78 is 0. The monoisotopic (exact) mass is 412 g/mol. The van der Waals surface area contributed by atoms with E-state index in [-0.39, 0.29) is 11.3 Å². The quantitative estimate of drug-likeness (QED) is 0.376. The van der Waals surface area contributed by atoms with E-state index in [1.165, 1.54) is 4.90 Å². The van der Waals surface area contributed by atoms with Gasteiger partial charge in [-0.15, -0.1) is 0 Å². The highest BCUT2D eigenvalue weighted by atomic mass is 16.3. The topological polar surface area (TPSA) is 70.5 Å². The number of ketones is 1. The minimum Gasteiger partial charge on any atom is -0.507 e. The molecule has 0 radical (unpaired) electrons. The average Bonchev–Trinajstić information content (AvgIpc) is 3.01. The number of carbonyl (C=O) groups excluding carboxylic acids is 2. The number of aryl methyl sites for hydroxylation is 4. The molecule has 1 aliphatic rings. The van der Waals surface area contributed by atoms with Gasteiger partial charge in [0.25, 0.3) is 11.7 Å². The van der Waals surface area contributed by atoms with Crippen molar-refractivity contribution in [3.8, 4) is 0 Å². The number of aliphatic hydroxyl groups excluding tert-OH is 1. The fraction of sp³-hybridized carbons (Fsp3) is 0.192. The summed E-state index contributed by atoms with van der Waals surface area (Å²) in [5.41, 5.74) is 5.44. The van der Waals surface area contributed by atoms with Crippen molar-refractivity contribution in [1.29, 1.82) is 0 Å². The predicted octanol–water partition coefficient (Wildman–Crippen LogP) is 4.94. The molecular formula is C26H24N2O3. The van der Waals surface area contributed by atoms with Gasteiger partial charge in [0.1, 0.15) is 11.8 Å². The zero-order valence-electron chi connectivity index (χ0n) is 18.0. The highest BCUT2D eigenvalue weighted by Gasteiger charge is 2.48. The molecule has 0 spiro atoms. The first kappa shape index (κ1) is 20.5. The Morgan fingerprint density at radius 1 is 0.903 bits per heavy atom. The lowest BCUT2D eigenvalue weighted by molar-refractivity contribution is -0.132. The number of aliphatic hydroxyl groups is 1. The molecule has 1 aromatic heterocycles. The molecule has 31 heavy (non-hydrogen) atoms. The van der Waals surface area contributed by atoms with E-state index in [4.69, 9.17) is 0 Å². The second-order valence-corrected chi connectivity index (χ2v) is 8.03. The van der Waals surface area contributed by atoms with E-state index in [1.807, 2.05) is 70.2 Å². The third kappa shape index (κ3) is 3.52. The molecule has 3 aromatic rings. The lowest BCUT2D eigenvalue weighted by atomic mass is 9.95. The minimum atomic E-state index is -0.817. The minimum absolute atomic E-state index is 0.0531. The molecule has 1 saturated heterocycles. The molecule has 0 bridgehead atoms. The van der Waals surface area contributed by atoms with Crippen molar-refractivity contribution >= 4 is 23.1 Å². The number of Topliss-reactive ketones (excluding diaryl/α,β-unsaturated/α-hetero) is 1. The van der Waals surface area contributed by atoms with Gasteiger partial charge < -0.3 is 5.11 Å². The van der Waals surface area contributed by atoms with E-state index < -0.39 is 17.7 Å². The summed E-state index contributed by atoms with van der Waals surface area (Å²) in [6.45, 7) is 7.66. The molecule has 0 saturated carbocycles. The van der Waals surface area contributed by atoms with E-state index in [2.05, 4.69) is 4.98 Å². The summed E-state index contributed by atoms with van der Waals surface area (Å²) in [6, 6.07) is 15.9. The van der Waals surface area contributed by atoms with E-state index in [9.17, 15) is 14.7 Å². The fourth-order valence-electron chi connectivity index (χ4n) is 4.11. The van der Waals surface area contributed by atoms with Gasteiger partial charge >= 0.3 is 0 Å². The summed E-state index contributed by atoms with van der Waals surface area (Å²) in [5, 5.41) is 11.3. The first-order valence-electron chi connectivity index (χ1n) is 10.2. The lowest BCUT2D eigenvalue weighted by Crippen LogP contribution is -2.30. The Bertz CT molecular complexity index is 1230. The number of aromatic nitrogens is 1. The van der Waals surface area contributed by atoms with Crippen LogP contribution in [0.1, 0.15) is 39.6 Å². The number of pyridine rings is 1. The Labute approximate surface area is 181 Å². The van der Waals surface area contributed by atoms with Gasteiger partial charge in [-0.1, -0.05) is 41.5 Å². The second kappa shape index (κ2) is 7.84. The van der Waals surface area contributed by atoms with Gasteiger partial charge in [0, 0.05) is 17.4 Å².